The van der Waals surface area contributed by atoms with Crippen LogP contribution in [0.1, 0.15) is 39.5 Å². The van der Waals surface area contributed by atoms with E-state index in [4.69, 9.17) is 11.6 Å². The molecule has 1 nitrogen and oxygen atoms in total. The second kappa shape index (κ2) is 8.35. The van der Waals surface area contributed by atoms with Crippen molar-refractivity contribution < 1.29 is 0 Å². The molecule has 2 heteroatoms. The van der Waals surface area contributed by atoms with E-state index in [1.54, 1.807) is 0 Å². The van der Waals surface area contributed by atoms with E-state index in [-0.39, 0.29) is 0 Å². The monoisotopic (exact) mass is 177 g/mol. The van der Waals surface area contributed by atoms with Gasteiger partial charge in [-0.2, -0.15) is 0 Å². The van der Waals surface area contributed by atoms with Gasteiger partial charge in [0.1, 0.15) is 0 Å². The fraction of sp³-hybridized carbons (Fsp3) is 1.00. The van der Waals surface area contributed by atoms with Gasteiger partial charge in [-0.15, -0.1) is 11.6 Å². The standard InChI is InChI=1S/C9H20ClN/c1-3-9(2)11-8-6-4-5-7-10/h9,11H,3-8H2,1-2H3/t9-/m1/s1. The molecule has 0 heterocycles. The number of unbranched alkanes of at least 4 members (excludes halogenated alkanes) is 2. The Labute approximate surface area is 75.5 Å². The average Bonchev–Trinajstić information content (AvgIpc) is 2.04. The number of hydrogen-bond acceptors (Lipinski definition) is 1. The van der Waals surface area contributed by atoms with Gasteiger partial charge >= 0.3 is 0 Å². The number of rotatable bonds is 7. The molecule has 0 aliphatic heterocycles. The maximum absolute atomic E-state index is 5.55. The van der Waals surface area contributed by atoms with Crippen LogP contribution in [0.25, 0.3) is 0 Å². The fourth-order valence-electron chi connectivity index (χ4n) is 0.889. The van der Waals surface area contributed by atoms with Crippen molar-refractivity contribution in [2.45, 2.75) is 45.6 Å². The first-order valence-corrected chi connectivity index (χ1v) is 5.14. The topological polar surface area (TPSA) is 12.0 Å². The van der Waals surface area contributed by atoms with Crippen molar-refractivity contribution in [3.05, 3.63) is 0 Å². The summed E-state index contributed by atoms with van der Waals surface area (Å²) in [5.41, 5.74) is 0. The third-order valence-electron chi connectivity index (χ3n) is 1.92. The van der Waals surface area contributed by atoms with Crippen molar-refractivity contribution in [2.24, 2.45) is 0 Å². The number of nitrogens with one attached hydrogen (secondary N) is 1. The number of halogens is 1. The average molecular weight is 178 g/mol. The zero-order chi connectivity index (χ0) is 8.53. The molecule has 0 aliphatic carbocycles. The molecule has 0 saturated carbocycles. The van der Waals surface area contributed by atoms with Gasteiger partial charge in [-0.1, -0.05) is 13.3 Å². The van der Waals surface area contributed by atoms with Crippen LogP contribution in [0, 0.1) is 0 Å². The van der Waals surface area contributed by atoms with Crippen molar-refractivity contribution in [1.29, 1.82) is 0 Å². The first kappa shape index (κ1) is 11.2. The summed E-state index contributed by atoms with van der Waals surface area (Å²) in [5.74, 6) is 0.809. The predicted molar refractivity (Wildman–Crippen MR) is 52.3 cm³/mol. The van der Waals surface area contributed by atoms with Crippen LogP contribution in [0.4, 0.5) is 0 Å². The molecule has 0 unspecified atom stereocenters. The van der Waals surface area contributed by atoms with Gasteiger partial charge in [0.05, 0.1) is 0 Å². The van der Waals surface area contributed by atoms with Gasteiger partial charge in [-0.25, -0.2) is 0 Å². The Morgan fingerprint density at radius 1 is 1.27 bits per heavy atom. The summed E-state index contributed by atoms with van der Waals surface area (Å²) in [6.45, 7) is 5.57. The minimum absolute atomic E-state index is 0.672. The lowest BCUT2D eigenvalue weighted by Crippen LogP contribution is -2.25. The van der Waals surface area contributed by atoms with Gasteiger partial charge < -0.3 is 5.32 Å². The van der Waals surface area contributed by atoms with Crippen LogP contribution in [0.15, 0.2) is 0 Å². The fourth-order valence-corrected chi connectivity index (χ4v) is 1.08. The molecule has 0 fully saturated rings. The third kappa shape index (κ3) is 8.15. The smallest absolute Gasteiger partial charge is 0.0223 e. The molecular formula is C9H20ClN. The molecule has 0 aliphatic rings. The van der Waals surface area contributed by atoms with Gasteiger partial charge in [0, 0.05) is 11.9 Å². The minimum Gasteiger partial charge on any atom is -0.314 e. The molecule has 1 atom stereocenters. The van der Waals surface area contributed by atoms with Crippen LogP contribution in [-0.4, -0.2) is 18.5 Å². The Bertz CT molecular complexity index is 76.0. The van der Waals surface area contributed by atoms with Crippen molar-refractivity contribution in [1.82, 2.24) is 5.32 Å². The lowest BCUT2D eigenvalue weighted by Gasteiger charge is -2.09. The first-order valence-electron chi connectivity index (χ1n) is 4.60. The Balaban J connectivity index is 2.89. The second-order valence-electron chi connectivity index (χ2n) is 3.01. The molecular weight excluding hydrogens is 158 g/mol. The molecule has 0 aromatic heterocycles. The van der Waals surface area contributed by atoms with Gasteiger partial charge in [0.2, 0.25) is 0 Å². The van der Waals surface area contributed by atoms with Crippen LogP contribution in [0.2, 0.25) is 0 Å². The Morgan fingerprint density at radius 3 is 2.55 bits per heavy atom. The van der Waals surface area contributed by atoms with E-state index >= 15 is 0 Å². The van der Waals surface area contributed by atoms with Crippen LogP contribution in [-0.2, 0) is 0 Å². The Kier molecular flexibility index (Phi) is 8.54. The summed E-state index contributed by atoms with van der Waals surface area (Å²) in [5, 5.41) is 3.45. The van der Waals surface area contributed by atoms with Crippen molar-refractivity contribution in [3.63, 3.8) is 0 Å². The van der Waals surface area contributed by atoms with Gasteiger partial charge in [0.15, 0.2) is 0 Å². The highest BCUT2D eigenvalue weighted by atomic mass is 35.5. The Hall–Kier alpha value is 0.250. The molecule has 0 bridgehead atoms. The zero-order valence-electron chi connectivity index (χ0n) is 7.70. The largest absolute Gasteiger partial charge is 0.314 e. The molecule has 0 rings (SSSR count). The highest BCUT2D eigenvalue weighted by molar-refractivity contribution is 6.17. The highest BCUT2D eigenvalue weighted by Gasteiger charge is 1.94. The molecule has 0 saturated heterocycles. The maximum Gasteiger partial charge on any atom is 0.0223 e. The molecule has 1 N–H and O–H groups in total. The van der Waals surface area contributed by atoms with Gasteiger partial charge in [0.25, 0.3) is 0 Å². The Morgan fingerprint density at radius 2 is 2.00 bits per heavy atom. The van der Waals surface area contributed by atoms with E-state index < -0.39 is 0 Å². The van der Waals surface area contributed by atoms with E-state index in [9.17, 15) is 0 Å². The lowest BCUT2D eigenvalue weighted by molar-refractivity contribution is 0.515. The molecule has 0 aromatic rings. The summed E-state index contributed by atoms with van der Waals surface area (Å²) < 4.78 is 0. The first-order chi connectivity index (χ1) is 5.31. The van der Waals surface area contributed by atoms with Crippen LogP contribution in [0.5, 0.6) is 0 Å². The van der Waals surface area contributed by atoms with E-state index in [1.165, 1.54) is 19.3 Å². The minimum atomic E-state index is 0.672. The zero-order valence-corrected chi connectivity index (χ0v) is 8.45. The van der Waals surface area contributed by atoms with Crippen molar-refractivity contribution in [2.75, 3.05) is 12.4 Å². The van der Waals surface area contributed by atoms with E-state index in [0.717, 1.165) is 18.8 Å². The molecule has 0 spiro atoms. The van der Waals surface area contributed by atoms with Gasteiger partial charge in [-0.05, 0) is 32.7 Å². The maximum atomic E-state index is 5.55. The predicted octanol–water partition coefficient (Wildman–Crippen LogP) is 2.78. The highest BCUT2D eigenvalue weighted by Crippen LogP contribution is 1.96. The quantitative estimate of drug-likeness (QED) is 0.466. The summed E-state index contributed by atoms with van der Waals surface area (Å²) in [6, 6.07) is 0.672. The molecule has 0 radical (unpaired) electrons. The van der Waals surface area contributed by atoms with Crippen LogP contribution in [0.3, 0.4) is 0 Å². The summed E-state index contributed by atoms with van der Waals surface area (Å²) in [4.78, 5) is 0. The SMILES string of the molecule is CC[C@@H](C)NCCCCCCl. The van der Waals surface area contributed by atoms with Crippen LogP contribution < -0.4 is 5.32 Å². The molecule has 0 aromatic carbocycles. The van der Waals surface area contributed by atoms with Gasteiger partial charge in [-0.3, -0.25) is 0 Å². The van der Waals surface area contributed by atoms with Crippen molar-refractivity contribution in [3.8, 4) is 0 Å². The normalized spacial score (nSPS) is 13.4. The van der Waals surface area contributed by atoms with E-state index in [2.05, 4.69) is 19.2 Å². The molecule has 0 amide bonds. The second-order valence-corrected chi connectivity index (χ2v) is 3.39. The lowest BCUT2D eigenvalue weighted by atomic mass is 10.2. The number of alkyl halides is 1. The molecule has 68 valence electrons. The van der Waals surface area contributed by atoms with Crippen molar-refractivity contribution >= 4 is 11.6 Å². The molecule has 11 heavy (non-hydrogen) atoms. The van der Waals surface area contributed by atoms with E-state index in [1.807, 2.05) is 0 Å². The van der Waals surface area contributed by atoms with Crippen LogP contribution >= 0.6 is 11.6 Å². The summed E-state index contributed by atoms with van der Waals surface area (Å²) in [6.07, 6.45) is 4.89. The van der Waals surface area contributed by atoms with E-state index in [0.29, 0.717) is 6.04 Å². The third-order valence-corrected chi connectivity index (χ3v) is 2.18. The summed E-state index contributed by atoms with van der Waals surface area (Å²) in [7, 11) is 0. The number of hydrogen-bond donors (Lipinski definition) is 1. The summed E-state index contributed by atoms with van der Waals surface area (Å²) >= 11 is 5.55.